The molecule has 1 N–H and O–H groups in total. The van der Waals surface area contributed by atoms with Crippen LogP contribution in [0, 0.1) is 13.8 Å². The summed E-state index contributed by atoms with van der Waals surface area (Å²) >= 11 is 0. The van der Waals surface area contributed by atoms with Crippen LogP contribution in [0.5, 0.6) is 5.75 Å². The Hall–Kier alpha value is -4.17. The largest absolute Gasteiger partial charge is 0.488 e. The van der Waals surface area contributed by atoms with Crippen molar-refractivity contribution < 1.29 is 27.5 Å². The molecule has 0 aliphatic rings. The van der Waals surface area contributed by atoms with Crippen molar-refractivity contribution in [2.24, 2.45) is 0 Å². The Bertz CT molecular complexity index is 1750. The summed E-state index contributed by atoms with van der Waals surface area (Å²) in [6.45, 7) is 3.92. The number of benzene rings is 3. The number of hydrogen-bond acceptors (Lipinski definition) is 6. The van der Waals surface area contributed by atoms with Gasteiger partial charge >= 0.3 is 5.97 Å². The van der Waals surface area contributed by atoms with Crippen molar-refractivity contribution in [2.45, 2.75) is 25.3 Å². The van der Waals surface area contributed by atoms with Crippen molar-refractivity contribution in [3.63, 3.8) is 0 Å². The number of para-hydroxylation sites is 1. The van der Waals surface area contributed by atoms with Gasteiger partial charge in [-0.2, -0.15) is 0 Å². The number of nitrogens with zero attached hydrogens (tertiary/aromatic N) is 1. The summed E-state index contributed by atoms with van der Waals surface area (Å²) in [5.41, 5.74) is 4.14. The van der Waals surface area contributed by atoms with E-state index in [1.165, 1.54) is 18.2 Å². The number of pyridine rings is 1. The number of carbonyl (C=O) groups is 1. The van der Waals surface area contributed by atoms with Crippen LogP contribution >= 0.6 is 0 Å². The standard InChI is InChI=1S/C28H23NO6S/c1-16-8-13-24(34-15-18-9-11-19(12-10-18)36(3,32)33)25-21(28(30)31)14-22(29-26(16)25)27-17(2)20-6-4-5-7-23(20)35-27/h4-14H,15H2,1-3H3,(H,30,31). The van der Waals surface area contributed by atoms with Crippen LogP contribution in [-0.2, 0) is 16.4 Å². The van der Waals surface area contributed by atoms with Gasteiger partial charge in [0.25, 0.3) is 0 Å². The number of hydrogen-bond donors (Lipinski definition) is 1. The molecule has 0 amide bonds. The molecule has 3 aromatic carbocycles. The second-order valence-corrected chi connectivity index (χ2v) is 10.7. The maximum Gasteiger partial charge on any atom is 0.336 e. The molecule has 0 saturated heterocycles. The van der Waals surface area contributed by atoms with Crippen molar-refractivity contribution in [2.75, 3.05) is 6.26 Å². The monoisotopic (exact) mass is 501 g/mol. The molecule has 8 heteroatoms. The number of ether oxygens (including phenoxy) is 1. The summed E-state index contributed by atoms with van der Waals surface area (Å²) in [5.74, 6) is -0.205. The number of rotatable bonds is 6. The molecule has 5 rings (SSSR count). The molecule has 0 radical (unpaired) electrons. The lowest BCUT2D eigenvalue weighted by Crippen LogP contribution is -2.04. The second-order valence-electron chi connectivity index (χ2n) is 8.72. The van der Waals surface area contributed by atoms with Crippen LogP contribution in [-0.4, -0.2) is 30.7 Å². The summed E-state index contributed by atoms with van der Waals surface area (Å²) in [7, 11) is -3.30. The fraction of sp³-hybridized carbons (Fsp3) is 0.143. The summed E-state index contributed by atoms with van der Waals surface area (Å²) in [6, 6.07) is 19.1. The van der Waals surface area contributed by atoms with E-state index < -0.39 is 15.8 Å². The van der Waals surface area contributed by atoms with E-state index in [4.69, 9.17) is 14.1 Å². The van der Waals surface area contributed by atoms with Crippen molar-refractivity contribution in [3.05, 3.63) is 89.0 Å². The molecule has 0 aliphatic carbocycles. The van der Waals surface area contributed by atoms with Crippen LogP contribution in [0.1, 0.15) is 27.0 Å². The van der Waals surface area contributed by atoms with E-state index in [1.807, 2.05) is 44.2 Å². The molecule has 0 spiro atoms. The van der Waals surface area contributed by atoms with Crippen LogP contribution in [0.25, 0.3) is 33.3 Å². The Kier molecular flexibility index (Phi) is 5.76. The molecule has 0 unspecified atom stereocenters. The van der Waals surface area contributed by atoms with Gasteiger partial charge in [0.05, 0.1) is 21.4 Å². The van der Waals surface area contributed by atoms with E-state index >= 15 is 0 Å². The second kappa shape index (κ2) is 8.80. The third-order valence-corrected chi connectivity index (χ3v) is 7.31. The number of carboxylic acid groups (broad SMARTS) is 1. The molecule has 0 bridgehead atoms. The van der Waals surface area contributed by atoms with Crippen LogP contribution in [0.3, 0.4) is 0 Å². The first-order chi connectivity index (χ1) is 17.1. The molecule has 0 fully saturated rings. The number of fused-ring (bicyclic) bond motifs is 2. The van der Waals surface area contributed by atoms with Crippen LogP contribution in [0.15, 0.2) is 76.0 Å². The summed E-state index contributed by atoms with van der Waals surface area (Å²) in [6.07, 6.45) is 1.15. The highest BCUT2D eigenvalue weighted by atomic mass is 32.2. The normalized spacial score (nSPS) is 11.8. The van der Waals surface area contributed by atoms with E-state index in [0.29, 0.717) is 33.7 Å². The van der Waals surface area contributed by atoms with Gasteiger partial charge < -0.3 is 14.3 Å². The zero-order valence-corrected chi connectivity index (χ0v) is 20.7. The minimum atomic E-state index is -3.30. The maximum absolute atomic E-state index is 12.4. The Labute approximate surface area is 207 Å². The highest BCUT2D eigenvalue weighted by Gasteiger charge is 2.21. The topological polar surface area (TPSA) is 107 Å². The van der Waals surface area contributed by atoms with Crippen molar-refractivity contribution in [3.8, 4) is 17.2 Å². The zero-order valence-electron chi connectivity index (χ0n) is 19.9. The Morgan fingerprint density at radius 3 is 2.42 bits per heavy atom. The van der Waals surface area contributed by atoms with E-state index in [0.717, 1.165) is 28.3 Å². The lowest BCUT2D eigenvalue weighted by molar-refractivity contribution is 0.0698. The predicted octanol–water partition coefficient (Wildman–Crippen LogP) is 5.95. The molecule has 0 saturated carbocycles. The van der Waals surface area contributed by atoms with Gasteiger partial charge in [-0.05, 0) is 55.3 Å². The van der Waals surface area contributed by atoms with Crippen LogP contribution < -0.4 is 4.74 Å². The highest BCUT2D eigenvalue weighted by Crippen LogP contribution is 2.37. The minimum absolute atomic E-state index is 0.0565. The number of aromatic carboxylic acids is 1. The number of furan rings is 1. The van der Waals surface area contributed by atoms with Gasteiger partial charge in [0.1, 0.15) is 23.6 Å². The minimum Gasteiger partial charge on any atom is -0.488 e. The first kappa shape index (κ1) is 23.6. The maximum atomic E-state index is 12.4. The highest BCUT2D eigenvalue weighted by molar-refractivity contribution is 7.90. The summed E-state index contributed by atoms with van der Waals surface area (Å²) in [4.78, 5) is 17.4. The Morgan fingerprint density at radius 2 is 1.75 bits per heavy atom. The molecule has 2 aromatic heterocycles. The molecule has 5 aromatic rings. The molecule has 0 aliphatic heterocycles. The molecule has 182 valence electrons. The van der Waals surface area contributed by atoms with Gasteiger partial charge in [-0.1, -0.05) is 36.4 Å². The van der Waals surface area contributed by atoms with E-state index in [1.54, 1.807) is 18.2 Å². The molecule has 7 nitrogen and oxygen atoms in total. The first-order valence-electron chi connectivity index (χ1n) is 11.2. The smallest absolute Gasteiger partial charge is 0.336 e. The molecular weight excluding hydrogens is 478 g/mol. The Morgan fingerprint density at radius 1 is 1.03 bits per heavy atom. The van der Waals surface area contributed by atoms with Gasteiger partial charge in [-0.3, -0.25) is 0 Å². The Balaban J connectivity index is 1.59. The van der Waals surface area contributed by atoms with Crippen molar-refractivity contribution >= 4 is 37.7 Å². The van der Waals surface area contributed by atoms with Gasteiger partial charge in [0.15, 0.2) is 15.6 Å². The van der Waals surface area contributed by atoms with Crippen LogP contribution in [0.4, 0.5) is 0 Å². The number of carboxylic acids is 1. The van der Waals surface area contributed by atoms with E-state index in [-0.39, 0.29) is 17.1 Å². The fourth-order valence-corrected chi connectivity index (χ4v) is 4.89. The van der Waals surface area contributed by atoms with E-state index in [2.05, 4.69) is 0 Å². The third kappa shape index (κ3) is 4.20. The quantitative estimate of drug-likeness (QED) is 0.307. The van der Waals surface area contributed by atoms with Crippen molar-refractivity contribution in [1.82, 2.24) is 4.98 Å². The van der Waals surface area contributed by atoms with Crippen LogP contribution in [0.2, 0.25) is 0 Å². The average molecular weight is 502 g/mol. The molecule has 2 heterocycles. The molecule has 0 atom stereocenters. The van der Waals surface area contributed by atoms with Gasteiger partial charge in [0, 0.05) is 17.2 Å². The summed E-state index contributed by atoms with van der Waals surface area (Å²) < 4.78 is 35.5. The third-order valence-electron chi connectivity index (χ3n) is 6.18. The fourth-order valence-electron chi connectivity index (χ4n) is 4.26. The predicted molar refractivity (Wildman–Crippen MR) is 137 cm³/mol. The molecular formula is C28H23NO6S. The zero-order chi connectivity index (χ0) is 25.6. The molecule has 36 heavy (non-hydrogen) atoms. The van der Waals surface area contributed by atoms with Gasteiger partial charge in [-0.15, -0.1) is 0 Å². The summed E-state index contributed by atoms with van der Waals surface area (Å²) in [5, 5.41) is 11.4. The lowest BCUT2D eigenvalue weighted by atomic mass is 10.0. The first-order valence-corrected chi connectivity index (χ1v) is 13.1. The SMILES string of the molecule is Cc1c(-c2cc(C(=O)O)c3c(OCc4ccc(S(C)(=O)=O)cc4)ccc(C)c3n2)oc2ccccc12. The average Bonchev–Trinajstić information content (AvgIpc) is 3.19. The van der Waals surface area contributed by atoms with E-state index in [9.17, 15) is 18.3 Å². The number of sulfone groups is 1. The van der Waals surface area contributed by atoms with Gasteiger partial charge in [-0.25, -0.2) is 18.2 Å². The van der Waals surface area contributed by atoms with Gasteiger partial charge in [0.2, 0.25) is 0 Å². The number of aromatic nitrogens is 1. The lowest BCUT2D eigenvalue weighted by Gasteiger charge is -2.14. The van der Waals surface area contributed by atoms with Crippen molar-refractivity contribution in [1.29, 1.82) is 0 Å². The number of aryl methyl sites for hydroxylation is 2.